The molecule has 2 heterocycles. The smallest absolute Gasteiger partial charge is 0.387 e. The first-order valence-corrected chi connectivity index (χ1v) is 9.33. The minimum atomic E-state index is -4.32. The van der Waals surface area contributed by atoms with E-state index in [4.69, 9.17) is 0 Å². The van der Waals surface area contributed by atoms with Crippen molar-refractivity contribution in [3.8, 4) is 5.75 Å². The van der Waals surface area contributed by atoms with Gasteiger partial charge in [-0.05, 0) is 24.3 Å². The van der Waals surface area contributed by atoms with E-state index in [9.17, 15) is 26.0 Å². The molecule has 1 saturated heterocycles. The fourth-order valence-corrected chi connectivity index (χ4v) is 4.28. The SMILES string of the molecule is O=S(=O)(c1c(F)cccc1F)N1CCN(c2ccc(OC(F)F)cn2)CC1. The number of aromatic nitrogens is 1. The minimum absolute atomic E-state index is 0.00687. The predicted octanol–water partition coefficient (Wildman–Crippen LogP) is 2.47. The normalized spacial score (nSPS) is 16.0. The van der Waals surface area contributed by atoms with Gasteiger partial charge in [-0.15, -0.1) is 0 Å². The molecule has 0 N–H and O–H groups in total. The molecule has 1 aromatic heterocycles. The van der Waals surface area contributed by atoms with Crippen molar-refractivity contribution in [3.05, 3.63) is 48.2 Å². The molecule has 0 saturated carbocycles. The van der Waals surface area contributed by atoms with Gasteiger partial charge in [-0.3, -0.25) is 0 Å². The predicted molar refractivity (Wildman–Crippen MR) is 88.2 cm³/mol. The molecule has 0 aliphatic carbocycles. The van der Waals surface area contributed by atoms with Crippen LogP contribution >= 0.6 is 0 Å². The molecule has 27 heavy (non-hydrogen) atoms. The highest BCUT2D eigenvalue weighted by atomic mass is 32.2. The van der Waals surface area contributed by atoms with Gasteiger partial charge < -0.3 is 9.64 Å². The average Bonchev–Trinajstić information content (AvgIpc) is 2.62. The number of hydrogen-bond acceptors (Lipinski definition) is 5. The fraction of sp³-hybridized carbons (Fsp3) is 0.312. The topological polar surface area (TPSA) is 62.7 Å². The number of nitrogens with zero attached hydrogens (tertiary/aromatic N) is 3. The number of halogens is 4. The number of pyridine rings is 1. The molecule has 1 aromatic carbocycles. The molecular formula is C16H15F4N3O3S. The van der Waals surface area contributed by atoms with Crippen LogP contribution in [-0.4, -0.2) is 50.5 Å². The maximum atomic E-state index is 13.8. The van der Waals surface area contributed by atoms with Gasteiger partial charge in [0.1, 0.15) is 23.2 Å². The van der Waals surface area contributed by atoms with Gasteiger partial charge in [0.15, 0.2) is 4.90 Å². The van der Waals surface area contributed by atoms with Crippen LogP contribution in [0.4, 0.5) is 23.4 Å². The van der Waals surface area contributed by atoms with Crippen LogP contribution in [0.5, 0.6) is 5.75 Å². The number of benzene rings is 1. The quantitative estimate of drug-likeness (QED) is 0.716. The lowest BCUT2D eigenvalue weighted by molar-refractivity contribution is -0.0500. The molecule has 1 aliphatic heterocycles. The second kappa shape index (κ2) is 7.69. The van der Waals surface area contributed by atoms with E-state index < -0.39 is 33.2 Å². The summed E-state index contributed by atoms with van der Waals surface area (Å²) in [4.78, 5) is 4.77. The van der Waals surface area contributed by atoms with Crippen molar-refractivity contribution in [2.45, 2.75) is 11.5 Å². The lowest BCUT2D eigenvalue weighted by Crippen LogP contribution is -2.49. The molecule has 1 aliphatic rings. The van der Waals surface area contributed by atoms with Gasteiger partial charge >= 0.3 is 6.61 Å². The van der Waals surface area contributed by atoms with E-state index >= 15 is 0 Å². The summed E-state index contributed by atoms with van der Waals surface area (Å²) < 4.78 is 82.3. The highest BCUT2D eigenvalue weighted by molar-refractivity contribution is 7.89. The van der Waals surface area contributed by atoms with Crippen LogP contribution in [0.3, 0.4) is 0 Å². The molecule has 1 fully saturated rings. The summed E-state index contributed by atoms with van der Waals surface area (Å²) in [5, 5.41) is 0. The van der Waals surface area contributed by atoms with Crippen LogP contribution < -0.4 is 9.64 Å². The monoisotopic (exact) mass is 405 g/mol. The molecule has 11 heteroatoms. The Morgan fingerprint density at radius 3 is 2.15 bits per heavy atom. The Balaban J connectivity index is 1.70. The summed E-state index contributed by atoms with van der Waals surface area (Å²) in [5.41, 5.74) is 0. The van der Waals surface area contributed by atoms with Crippen molar-refractivity contribution in [2.75, 3.05) is 31.1 Å². The van der Waals surface area contributed by atoms with Gasteiger partial charge in [0.2, 0.25) is 10.0 Å². The summed E-state index contributed by atoms with van der Waals surface area (Å²) in [6.45, 7) is -2.53. The van der Waals surface area contributed by atoms with Crippen molar-refractivity contribution < 1.29 is 30.7 Å². The molecule has 0 atom stereocenters. The molecule has 0 radical (unpaired) electrons. The summed E-state index contributed by atoms with van der Waals surface area (Å²) in [7, 11) is -4.32. The van der Waals surface area contributed by atoms with Crippen LogP contribution in [0.25, 0.3) is 0 Å². The Hall–Kier alpha value is -2.40. The summed E-state index contributed by atoms with van der Waals surface area (Å²) in [6.07, 6.45) is 1.14. The number of hydrogen-bond donors (Lipinski definition) is 0. The molecular weight excluding hydrogens is 390 g/mol. The van der Waals surface area contributed by atoms with Crippen molar-refractivity contribution in [3.63, 3.8) is 0 Å². The Morgan fingerprint density at radius 2 is 1.63 bits per heavy atom. The fourth-order valence-electron chi connectivity index (χ4n) is 2.75. The zero-order valence-electron chi connectivity index (χ0n) is 13.9. The largest absolute Gasteiger partial charge is 0.433 e. The van der Waals surface area contributed by atoms with Crippen LogP contribution in [-0.2, 0) is 10.0 Å². The molecule has 146 valence electrons. The Bertz CT molecular complexity index is 881. The third kappa shape index (κ3) is 4.14. The lowest BCUT2D eigenvalue weighted by Gasteiger charge is -2.34. The average molecular weight is 405 g/mol. The van der Waals surface area contributed by atoms with E-state index in [2.05, 4.69) is 9.72 Å². The molecule has 0 amide bonds. The Labute approximate surface area is 153 Å². The van der Waals surface area contributed by atoms with Crippen LogP contribution in [0.15, 0.2) is 41.4 Å². The van der Waals surface area contributed by atoms with Crippen molar-refractivity contribution in [1.82, 2.24) is 9.29 Å². The summed E-state index contributed by atoms with van der Waals surface area (Å²) in [5.74, 6) is -1.93. The van der Waals surface area contributed by atoms with Gasteiger partial charge in [0, 0.05) is 26.2 Å². The third-order valence-corrected chi connectivity index (χ3v) is 5.98. The summed E-state index contributed by atoms with van der Waals surface area (Å²) >= 11 is 0. The maximum absolute atomic E-state index is 13.8. The number of sulfonamides is 1. The van der Waals surface area contributed by atoms with Crippen LogP contribution in [0.1, 0.15) is 0 Å². The zero-order valence-corrected chi connectivity index (χ0v) is 14.7. The Kier molecular flexibility index (Phi) is 5.51. The minimum Gasteiger partial charge on any atom is -0.433 e. The second-order valence-corrected chi connectivity index (χ2v) is 7.55. The van der Waals surface area contributed by atoms with Gasteiger partial charge in [-0.25, -0.2) is 22.2 Å². The van der Waals surface area contributed by atoms with Gasteiger partial charge in [0.25, 0.3) is 0 Å². The molecule has 2 aromatic rings. The first-order valence-electron chi connectivity index (χ1n) is 7.89. The van der Waals surface area contributed by atoms with E-state index in [0.29, 0.717) is 5.82 Å². The van der Waals surface area contributed by atoms with E-state index in [1.165, 1.54) is 12.1 Å². The standard InChI is InChI=1S/C16H15F4N3O3S/c17-12-2-1-3-13(18)15(12)27(24,25)23-8-6-22(7-9-23)14-5-4-11(10-21-14)26-16(19)20/h1-5,10,16H,6-9H2. The summed E-state index contributed by atoms with van der Waals surface area (Å²) in [6, 6.07) is 5.66. The second-order valence-electron chi connectivity index (χ2n) is 5.67. The molecule has 6 nitrogen and oxygen atoms in total. The van der Waals surface area contributed by atoms with Crippen molar-refractivity contribution in [1.29, 1.82) is 0 Å². The van der Waals surface area contributed by atoms with Gasteiger partial charge in [-0.2, -0.15) is 13.1 Å². The van der Waals surface area contributed by atoms with E-state index in [0.717, 1.165) is 28.7 Å². The highest BCUT2D eigenvalue weighted by Gasteiger charge is 2.33. The van der Waals surface area contributed by atoms with E-state index in [1.807, 2.05) is 0 Å². The number of anilines is 1. The number of ether oxygens (including phenoxy) is 1. The first-order chi connectivity index (χ1) is 12.8. The number of rotatable bonds is 5. The van der Waals surface area contributed by atoms with E-state index in [-0.39, 0.29) is 31.9 Å². The maximum Gasteiger partial charge on any atom is 0.387 e. The Morgan fingerprint density at radius 1 is 1.00 bits per heavy atom. The van der Waals surface area contributed by atoms with Crippen LogP contribution in [0, 0.1) is 11.6 Å². The molecule has 0 spiro atoms. The zero-order chi connectivity index (χ0) is 19.6. The third-order valence-electron chi connectivity index (χ3n) is 4.03. The molecule has 0 bridgehead atoms. The molecule has 3 rings (SSSR count). The highest BCUT2D eigenvalue weighted by Crippen LogP contribution is 2.25. The number of piperazine rings is 1. The van der Waals surface area contributed by atoms with Gasteiger partial charge in [0.05, 0.1) is 6.20 Å². The lowest BCUT2D eigenvalue weighted by atomic mass is 10.3. The van der Waals surface area contributed by atoms with E-state index in [1.54, 1.807) is 4.90 Å². The van der Waals surface area contributed by atoms with Crippen molar-refractivity contribution >= 4 is 15.8 Å². The van der Waals surface area contributed by atoms with Crippen LogP contribution in [0.2, 0.25) is 0 Å². The molecule has 0 unspecified atom stereocenters. The van der Waals surface area contributed by atoms with Gasteiger partial charge in [-0.1, -0.05) is 6.07 Å². The number of alkyl halides is 2. The van der Waals surface area contributed by atoms with Crippen molar-refractivity contribution in [2.24, 2.45) is 0 Å². The first kappa shape index (κ1) is 19.4.